The summed E-state index contributed by atoms with van der Waals surface area (Å²) in [5, 5.41) is 0. The van der Waals surface area contributed by atoms with Crippen molar-refractivity contribution < 1.29 is 9.53 Å². The number of esters is 1. The topological polar surface area (TPSA) is 52.3 Å². The number of hydrogen-bond donors (Lipinski definition) is 1. The van der Waals surface area contributed by atoms with Crippen LogP contribution < -0.4 is 5.73 Å². The lowest BCUT2D eigenvalue weighted by Gasteiger charge is -1.90. The summed E-state index contributed by atoms with van der Waals surface area (Å²) in [6.45, 7) is 9.32. The molecule has 0 aliphatic carbocycles. The quantitative estimate of drug-likeness (QED) is 0.375. The smallest absolute Gasteiger partial charge is 0.330 e. The summed E-state index contributed by atoms with van der Waals surface area (Å²) in [6, 6.07) is 0. The van der Waals surface area contributed by atoms with Crippen molar-refractivity contribution in [2.24, 2.45) is 5.73 Å². The van der Waals surface area contributed by atoms with E-state index in [0.717, 1.165) is 6.08 Å². The molecule has 0 amide bonds. The molecular formula is C8H15NO2. The molecule has 0 spiro atoms. The van der Waals surface area contributed by atoms with Crippen LogP contribution in [-0.2, 0) is 9.53 Å². The summed E-state index contributed by atoms with van der Waals surface area (Å²) in [5.41, 5.74) is 4.91. The summed E-state index contributed by atoms with van der Waals surface area (Å²) in [7, 11) is 0. The fourth-order valence-electron chi connectivity index (χ4n) is 0.201. The highest BCUT2D eigenvalue weighted by atomic mass is 16.5. The van der Waals surface area contributed by atoms with Gasteiger partial charge in [-0.15, -0.1) is 6.58 Å². The van der Waals surface area contributed by atoms with E-state index in [0.29, 0.717) is 13.2 Å². The van der Waals surface area contributed by atoms with Crippen LogP contribution in [0.25, 0.3) is 0 Å². The molecule has 0 radical (unpaired) electrons. The Bertz CT molecular complexity index is 121. The summed E-state index contributed by atoms with van der Waals surface area (Å²) in [5.74, 6) is -0.359. The molecule has 0 saturated heterocycles. The van der Waals surface area contributed by atoms with Crippen LogP contribution in [0, 0.1) is 0 Å². The molecule has 64 valence electrons. The first-order valence-corrected chi connectivity index (χ1v) is 3.33. The number of ether oxygens (including phenoxy) is 1. The van der Waals surface area contributed by atoms with Gasteiger partial charge in [0.1, 0.15) is 0 Å². The fourth-order valence-corrected chi connectivity index (χ4v) is 0.201. The Morgan fingerprint density at radius 3 is 2.18 bits per heavy atom. The number of rotatable bonds is 3. The van der Waals surface area contributed by atoms with Crippen molar-refractivity contribution in [3.05, 3.63) is 25.3 Å². The minimum absolute atomic E-state index is 0.359. The van der Waals surface area contributed by atoms with E-state index < -0.39 is 0 Å². The molecule has 3 heteroatoms. The molecule has 0 aromatic carbocycles. The van der Waals surface area contributed by atoms with Gasteiger partial charge in [0, 0.05) is 12.6 Å². The Labute approximate surface area is 67.5 Å². The van der Waals surface area contributed by atoms with Crippen molar-refractivity contribution in [3.8, 4) is 0 Å². The zero-order valence-corrected chi connectivity index (χ0v) is 6.88. The zero-order valence-electron chi connectivity index (χ0n) is 6.88. The normalized spacial score (nSPS) is 7.09. The maximum absolute atomic E-state index is 10.1. The molecule has 2 N–H and O–H groups in total. The minimum atomic E-state index is -0.359. The summed E-state index contributed by atoms with van der Waals surface area (Å²) in [6.07, 6.45) is 2.80. The monoisotopic (exact) mass is 157 g/mol. The Kier molecular flexibility index (Phi) is 13.3. The number of nitrogens with two attached hydrogens (primary N) is 1. The van der Waals surface area contributed by atoms with Crippen molar-refractivity contribution in [1.82, 2.24) is 0 Å². The van der Waals surface area contributed by atoms with Crippen molar-refractivity contribution in [2.75, 3.05) is 13.2 Å². The van der Waals surface area contributed by atoms with Crippen molar-refractivity contribution in [2.45, 2.75) is 6.92 Å². The van der Waals surface area contributed by atoms with Gasteiger partial charge in [0.25, 0.3) is 0 Å². The molecule has 0 aliphatic heterocycles. The van der Waals surface area contributed by atoms with Crippen molar-refractivity contribution in [1.29, 1.82) is 0 Å². The molecule has 0 aromatic rings. The molecule has 11 heavy (non-hydrogen) atoms. The summed E-state index contributed by atoms with van der Waals surface area (Å²) >= 11 is 0. The first-order chi connectivity index (χ1) is 5.22. The predicted octanol–water partition coefficient (Wildman–Crippen LogP) is 0.867. The first kappa shape index (κ1) is 12.6. The van der Waals surface area contributed by atoms with Gasteiger partial charge in [-0.05, 0) is 6.92 Å². The third-order valence-electron chi connectivity index (χ3n) is 0.620. The van der Waals surface area contributed by atoms with Crippen LogP contribution >= 0.6 is 0 Å². The number of hydrogen-bond acceptors (Lipinski definition) is 3. The summed E-state index contributed by atoms with van der Waals surface area (Å²) in [4.78, 5) is 10.1. The van der Waals surface area contributed by atoms with Crippen molar-refractivity contribution in [3.63, 3.8) is 0 Å². The van der Waals surface area contributed by atoms with Gasteiger partial charge in [-0.1, -0.05) is 12.7 Å². The molecule has 0 aromatic heterocycles. The third-order valence-corrected chi connectivity index (χ3v) is 0.620. The predicted molar refractivity (Wildman–Crippen MR) is 46.1 cm³/mol. The zero-order chi connectivity index (χ0) is 9.11. The lowest BCUT2D eigenvalue weighted by atomic mass is 10.6. The number of carbonyl (C=O) groups excluding carboxylic acids is 1. The van der Waals surface area contributed by atoms with Crippen LogP contribution in [0.1, 0.15) is 6.92 Å². The SMILES string of the molecule is C=CC(=O)OCC.C=CCN. The molecule has 0 bridgehead atoms. The largest absolute Gasteiger partial charge is 0.463 e. The van der Waals surface area contributed by atoms with Gasteiger partial charge in [0.2, 0.25) is 0 Å². The highest BCUT2D eigenvalue weighted by molar-refractivity contribution is 5.81. The lowest BCUT2D eigenvalue weighted by Crippen LogP contribution is -1.97. The highest BCUT2D eigenvalue weighted by Crippen LogP contribution is 1.74. The van der Waals surface area contributed by atoms with Crippen molar-refractivity contribution >= 4 is 5.97 Å². The second-order valence-electron chi connectivity index (χ2n) is 1.48. The average molecular weight is 157 g/mol. The van der Waals surface area contributed by atoms with Gasteiger partial charge in [0.05, 0.1) is 6.61 Å². The second kappa shape index (κ2) is 11.7. The Hall–Kier alpha value is -1.09. The van der Waals surface area contributed by atoms with E-state index in [1.54, 1.807) is 13.0 Å². The van der Waals surface area contributed by atoms with Gasteiger partial charge in [0.15, 0.2) is 0 Å². The van der Waals surface area contributed by atoms with Crippen LogP contribution in [0.15, 0.2) is 25.3 Å². The Balaban J connectivity index is 0. The summed E-state index contributed by atoms with van der Waals surface area (Å²) < 4.78 is 4.43. The molecule has 0 heterocycles. The van der Waals surface area contributed by atoms with E-state index in [1.165, 1.54) is 0 Å². The average Bonchev–Trinajstić information content (AvgIpc) is 2.05. The van der Waals surface area contributed by atoms with E-state index >= 15 is 0 Å². The van der Waals surface area contributed by atoms with Crippen LogP contribution in [-0.4, -0.2) is 19.1 Å². The van der Waals surface area contributed by atoms with Gasteiger partial charge < -0.3 is 10.5 Å². The Morgan fingerprint density at radius 2 is 2.09 bits per heavy atom. The standard InChI is InChI=1S/C5H8O2.C3H7N/c1-3-5(6)7-4-2;1-2-3-4/h3H,1,4H2,2H3;2H,1,3-4H2. The molecule has 0 rings (SSSR count). The molecule has 0 saturated carbocycles. The first-order valence-electron chi connectivity index (χ1n) is 3.33. The lowest BCUT2D eigenvalue weighted by molar-refractivity contribution is -0.137. The van der Waals surface area contributed by atoms with Gasteiger partial charge >= 0.3 is 5.97 Å². The van der Waals surface area contributed by atoms with E-state index in [-0.39, 0.29) is 5.97 Å². The van der Waals surface area contributed by atoms with E-state index in [1.807, 2.05) is 0 Å². The molecule has 0 aliphatic rings. The van der Waals surface area contributed by atoms with Crippen LogP contribution in [0.3, 0.4) is 0 Å². The fraction of sp³-hybridized carbons (Fsp3) is 0.375. The second-order valence-corrected chi connectivity index (χ2v) is 1.48. The number of carbonyl (C=O) groups is 1. The molecule has 0 fully saturated rings. The molecule has 0 unspecified atom stereocenters. The minimum Gasteiger partial charge on any atom is -0.463 e. The van der Waals surface area contributed by atoms with E-state index in [2.05, 4.69) is 17.9 Å². The van der Waals surface area contributed by atoms with Crippen LogP contribution in [0.4, 0.5) is 0 Å². The Morgan fingerprint density at radius 1 is 1.64 bits per heavy atom. The maximum Gasteiger partial charge on any atom is 0.330 e. The van der Waals surface area contributed by atoms with Gasteiger partial charge in [-0.2, -0.15) is 0 Å². The third kappa shape index (κ3) is 17.6. The molecule has 0 atom stereocenters. The maximum atomic E-state index is 10.1. The van der Waals surface area contributed by atoms with Crippen LogP contribution in [0.2, 0.25) is 0 Å². The van der Waals surface area contributed by atoms with E-state index in [4.69, 9.17) is 5.73 Å². The van der Waals surface area contributed by atoms with Gasteiger partial charge in [-0.3, -0.25) is 0 Å². The molecular weight excluding hydrogens is 142 g/mol. The van der Waals surface area contributed by atoms with Crippen LogP contribution in [0.5, 0.6) is 0 Å². The van der Waals surface area contributed by atoms with Gasteiger partial charge in [-0.25, -0.2) is 4.79 Å². The van der Waals surface area contributed by atoms with E-state index in [9.17, 15) is 4.79 Å². The molecule has 3 nitrogen and oxygen atoms in total. The highest BCUT2D eigenvalue weighted by Gasteiger charge is 1.86.